The fourth-order valence-corrected chi connectivity index (χ4v) is 5.07. The van der Waals surface area contributed by atoms with E-state index in [9.17, 15) is 44.7 Å². The molecule has 288 valence electrons. The van der Waals surface area contributed by atoms with Gasteiger partial charge in [0.25, 0.3) is 0 Å². The van der Waals surface area contributed by atoms with Crippen LogP contribution in [0.15, 0.2) is 73.1 Å². The van der Waals surface area contributed by atoms with Crippen molar-refractivity contribution in [1.29, 1.82) is 0 Å². The van der Waals surface area contributed by atoms with E-state index in [-0.39, 0.29) is 35.0 Å². The van der Waals surface area contributed by atoms with Gasteiger partial charge in [0, 0.05) is 26.2 Å². The van der Waals surface area contributed by atoms with Gasteiger partial charge in [-0.2, -0.15) is 26.3 Å². The summed E-state index contributed by atoms with van der Waals surface area (Å²) in [5.74, 6) is -1.30. The zero-order valence-corrected chi connectivity index (χ0v) is 27.9. The third-order valence-corrected chi connectivity index (χ3v) is 7.71. The summed E-state index contributed by atoms with van der Waals surface area (Å²) >= 11 is 0. The van der Waals surface area contributed by atoms with E-state index in [2.05, 4.69) is 41.9 Å². The molecule has 2 atom stereocenters. The number of hydrogen-bond donors (Lipinski definition) is 6. The number of carbonyl (C=O) groups excluding carboxylic acids is 2. The molecular formula is C34H32F8N8O4. The van der Waals surface area contributed by atoms with Gasteiger partial charge in [-0.3, -0.25) is 0 Å². The summed E-state index contributed by atoms with van der Waals surface area (Å²) in [6, 6.07) is 10.6. The number of nitrogens with zero attached hydrogens (tertiary/aromatic N) is 2. The van der Waals surface area contributed by atoms with E-state index < -0.39 is 47.4 Å². The number of anilines is 4. The highest BCUT2D eigenvalue weighted by Crippen LogP contribution is 2.30. The molecule has 12 nitrogen and oxygen atoms in total. The monoisotopic (exact) mass is 768 g/mol. The van der Waals surface area contributed by atoms with Crippen molar-refractivity contribution in [2.45, 2.75) is 24.6 Å². The van der Waals surface area contributed by atoms with Gasteiger partial charge in [-0.1, -0.05) is 12.1 Å². The summed E-state index contributed by atoms with van der Waals surface area (Å²) < 4.78 is 114. The Balaban J connectivity index is 0.000000208. The predicted octanol–water partition coefficient (Wildman–Crippen LogP) is 7.09. The maximum absolute atomic E-state index is 14.2. The molecule has 2 aromatic carbocycles. The largest absolute Gasteiger partial charge is 0.433 e. The third-order valence-electron chi connectivity index (χ3n) is 7.71. The van der Waals surface area contributed by atoms with Crippen molar-refractivity contribution in [3.8, 4) is 0 Å². The Bertz CT molecular complexity index is 1750. The van der Waals surface area contributed by atoms with Crippen LogP contribution < -0.4 is 31.9 Å². The third kappa shape index (κ3) is 11.3. The quantitative estimate of drug-likeness (QED) is 0.114. The van der Waals surface area contributed by atoms with Gasteiger partial charge in [-0.25, -0.2) is 28.3 Å². The first-order chi connectivity index (χ1) is 25.7. The van der Waals surface area contributed by atoms with Gasteiger partial charge in [0.15, 0.2) is 0 Å². The van der Waals surface area contributed by atoms with Crippen molar-refractivity contribution in [2.75, 3.05) is 60.7 Å². The van der Waals surface area contributed by atoms with Crippen molar-refractivity contribution in [3.63, 3.8) is 0 Å². The summed E-state index contributed by atoms with van der Waals surface area (Å²) in [6.45, 7) is 3.64. The summed E-state index contributed by atoms with van der Waals surface area (Å²) in [5, 5.41) is 15.5. The number of nitrogens with one attached hydrogen (secondary N) is 6. The Morgan fingerprint density at radius 1 is 0.611 bits per heavy atom. The lowest BCUT2D eigenvalue weighted by Gasteiger charge is -2.24. The molecule has 4 amide bonds. The number of alkyl halides is 6. The average molecular weight is 769 g/mol. The van der Waals surface area contributed by atoms with Gasteiger partial charge in [0.1, 0.15) is 23.0 Å². The van der Waals surface area contributed by atoms with E-state index in [1.807, 2.05) is 0 Å². The number of aromatic nitrogens is 2. The molecule has 0 bridgehead atoms. The summed E-state index contributed by atoms with van der Waals surface area (Å²) in [6.07, 6.45) is -7.93. The lowest BCUT2D eigenvalue weighted by Crippen LogP contribution is -2.33. The number of ether oxygens (including phenoxy) is 2. The molecule has 2 fully saturated rings. The molecule has 4 heterocycles. The molecule has 2 aliphatic heterocycles. The van der Waals surface area contributed by atoms with Gasteiger partial charge in [-0.15, -0.1) is 0 Å². The number of carbonyl (C=O) groups is 2. The van der Waals surface area contributed by atoms with Crippen molar-refractivity contribution >= 4 is 34.8 Å². The van der Waals surface area contributed by atoms with Gasteiger partial charge >= 0.3 is 24.4 Å². The van der Waals surface area contributed by atoms with Gasteiger partial charge < -0.3 is 41.4 Å². The maximum atomic E-state index is 14.2. The van der Waals surface area contributed by atoms with Crippen LogP contribution in [-0.4, -0.2) is 61.4 Å². The second kappa shape index (κ2) is 17.6. The molecule has 0 radical (unpaired) electrons. The van der Waals surface area contributed by atoms with Crippen LogP contribution in [0.1, 0.15) is 34.7 Å². The minimum Gasteiger partial charge on any atom is -0.371 e. The first kappa shape index (κ1) is 39.8. The highest BCUT2D eigenvalue weighted by molar-refractivity contribution is 6.00. The molecule has 4 aromatic rings. The first-order valence-electron chi connectivity index (χ1n) is 16.1. The van der Waals surface area contributed by atoms with Crippen LogP contribution in [-0.2, 0) is 21.8 Å². The zero-order chi connectivity index (χ0) is 38.9. The summed E-state index contributed by atoms with van der Waals surface area (Å²) in [5.41, 5.74) is -0.933. The topological polar surface area (TPSA) is 151 Å². The lowest BCUT2D eigenvalue weighted by molar-refractivity contribution is -0.141. The number of amides is 4. The zero-order valence-electron chi connectivity index (χ0n) is 27.9. The minimum absolute atomic E-state index is 0.0409. The average Bonchev–Trinajstić information content (AvgIpc) is 3.14. The highest BCUT2D eigenvalue weighted by atomic mass is 19.4. The van der Waals surface area contributed by atoms with Crippen molar-refractivity contribution in [3.05, 3.63) is 107 Å². The molecule has 0 unspecified atom stereocenters. The Morgan fingerprint density at radius 2 is 1.02 bits per heavy atom. The molecule has 0 aliphatic carbocycles. The molecule has 54 heavy (non-hydrogen) atoms. The molecule has 0 saturated carbocycles. The molecule has 2 aromatic heterocycles. The summed E-state index contributed by atoms with van der Waals surface area (Å²) in [4.78, 5) is 30.3. The number of morpholine rings is 2. The Kier molecular flexibility index (Phi) is 13.0. The number of rotatable bonds is 6. The van der Waals surface area contributed by atoms with Crippen molar-refractivity contribution in [1.82, 2.24) is 20.6 Å². The predicted molar refractivity (Wildman–Crippen MR) is 180 cm³/mol. The smallest absolute Gasteiger partial charge is 0.371 e. The number of pyridine rings is 2. The summed E-state index contributed by atoms with van der Waals surface area (Å²) in [7, 11) is 0. The Hall–Kier alpha value is -5.44. The van der Waals surface area contributed by atoms with Gasteiger partial charge in [-0.05, 0) is 59.7 Å². The number of benzene rings is 2. The molecule has 6 rings (SSSR count). The van der Waals surface area contributed by atoms with E-state index in [1.165, 1.54) is 24.3 Å². The molecule has 0 spiro atoms. The molecule has 2 saturated heterocycles. The first-order valence-corrected chi connectivity index (χ1v) is 16.1. The van der Waals surface area contributed by atoms with Crippen LogP contribution in [0.4, 0.5) is 67.5 Å². The van der Waals surface area contributed by atoms with E-state index in [0.29, 0.717) is 37.4 Å². The van der Waals surface area contributed by atoms with E-state index in [0.717, 1.165) is 49.7 Å². The van der Waals surface area contributed by atoms with Crippen molar-refractivity contribution in [2.24, 2.45) is 0 Å². The fourth-order valence-electron chi connectivity index (χ4n) is 5.07. The Labute approximate surface area is 302 Å². The van der Waals surface area contributed by atoms with Gasteiger partial charge in [0.05, 0.1) is 60.6 Å². The molecule has 2 aliphatic rings. The van der Waals surface area contributed by atoms with E-state index >= 15 is 0 Å². The lowest BCUT2D eigenvalue weighted by atomic mass is 10.1. The highest BCUT2D eigenvalue weighted by Gasteiger charge is 2.33. The van der Waals surface area contributed by atoms with Crippen molar-refractivity contribution < 1.29 is 54.2 Å². The van der Waals surface area contributed by atoms with Crippen LogP contribution in [0.3, 0.4) is 0 Å². The standard InChI is InChI=1S/2C17H16F4N4O2/c2*18-12-7-10(14-9-22-5-6-27-14)1-3-13(12)25-16(26)24-11-2-4-15(23-8-11)17(19,20)21/h2*1-4,7-8,14,22H,5-6,9H2,(H2,24,25,26)/t2*14-/m10/s1. The van der Waals surface area contributed by atoms with Crippen LogP contribution in [0, 0.1) is 11.6 Å². The normalized spacial score (nSPS) is 17.4. The van der Waals surface area contributed by atoms with E-state index in [1.54, 1.807) is 12.1 Å². The number of halogens is 8. The molecular weight excluding hydrogens is 736 g/mol. The second-order valence-corrected chi connectivity index (χ2v) is 11.6. The maximum Gasteiger partial charge on any atom is 0.433 e. The minimum atomic E-state index is -4.57. The SMILES string of the molecule is O=C(Nc1ccc(C(F)(F)F)nc1)Nc1ccc([C@@H]2CNCCO2)cc1F.O=C(Nc1ccc(C(F)(F)F)nc1)Nc1ccc([C@H]2CNCCO2)cc1F. The molecule has 6 N–H and O–H groups in total. The van der Waals surface area contributed by atoms with Crippen LogP contribution >= 0.6 is 0 Å². The fraction of sp³-hybridized carbons (Fsp3) is 0.294. The molecule has 20 heteroatoms. The van der Waals surface area contributed by atoms with Crippen LogP contribution in [0.2, 0.25) is 0 Å². The Morgan fingerprint density at radius 3 is 1.31 bits per heavy atom. The second-order valence-electron chi connectivity index (χ2n) is 11.6. The van der Waals surface area contributed by atoms with Crippen LogP contribution in [0.5, 0.6) is 0 Å². The van der Waals surface area contributed by atoms with E-state index in [4.69, 9.17) is 9.47 Å². The number of hydrogen-bond acceptors (Lipinski definition) is 8. The number of urea groups is 2. The van der Waals surface area contributed by atoms with Crippen LogP contribution in [0.25, 0.3) is 0 Å². The van der Waals surface area contributed by atoms with Gasteiger partial charge in [0.2, 0.25) is 0 Å².